The molecule has 0 saturated carbocycles. The van der Waals surface area contributed by atoms with Crippen molar-refractivity contribution in [1.29, 1.82) is 0 Å². The summed E-state index contributed by atoms with van der Waals surface area (Å²) < 4.78 is 46.3. The molecule has 1 aromatic heterocycles. The molecule has 1 amide bonds. The Morgan fingerprint density at radius 2 is 2.11 bits per heavy atom. The Balaban J connectivity index is 1.38. The van der Waals surface area contributed by atoms with Gasteiger partial charge in [0.25, 0.3) is 0 Å². The molecular formula is C24H30F3N7O2. The van der Waals surface area contributed by atoms with Crippen LogP contribution >= 0.6 is 0 Å². The number of ether oxygens (including phenoxy) is 1. The van der Waals surface area contributed by atoms with Gasteiger partial charge in [-0.1, -0.05) is 6.92 Å². The minimum atomic E-state index is -4.67. The van der Waals surface area contributed by atoms with Gasteiger partial charge in [0.15, 0.2) is 0 Å². The van der Waals surface area contributed by atoms with E-state index in [-0.39, 0.29) is 31.5 Å². The molecule has 12 heteroatoms. The maximum atomic E-state index is 13.7. The van der Waals surface area contributed by atoms with Crippen molar-refractivity contribution in [2.75, 3.05) is 54.9 Å². The van der Waals surface area contributed by atoms with Gasteiger partial charge in [-0.05, 0) is 36.6 Å². The third-order valence-electron chi connectivity index (χ3n) is 6.89. The van der Waals surface area contributed by atoms with Crippen molar-refractivity contribution in [3.63, 3.8) is 0 Å². The Morgan fingerprint density at radius 1 is 1.25 bits per heavy atom. The molecule has 36 heavy (non-hydrogen) atoms. The number of piperazine rings is 1. The van der Waals surface area contributed by atoms with E-state index in [0.29, 0.717) is 6.04 Å². The first-order chi connectivity index (χ1) is 17.3. The summed E-state index contributed by atoms with van der Waals surface area (Å²) >= 11 is 0. The maximum absolute atomic E-state index is 13.7. The second-order valence-corrected chi connectivity index (χ2v) is 9.30. The lowest BCUT2D eigenvalue weighted by Crippen LogP contribution is -2.46. The Hall–Kier alpha value is -3.12. The number of hydrogen-bond acceptors (Lipinski definition) is 8. The smallest absolute Gasteiger partial charge is 0.377 e. The van der Waals surface area contributed by atoms with Crippen LogP contribution in [0.5, 0.6) is 0 Å². The molecule has 0 aliphatic carbocycles. The molecule has 2 bridgehead atoms. The van der Waals surface area contributed by atoms with Gasteiger partial charge in [-0.2, -0.15) is 18.2 Å². The number of fused-ring (bicyclic) bond motifs is 2. The van der Waals surface area contributed by atoms with E-state index >= 15 is 0 Å². The Morgan fingerprint density at radius 3 is 2.92 bits per heavy atom. The molecule has 0 spiro atoms. The Labute approximate surface area is 207 Å². The molecule has 3 N–H and O–H groups in total. The van der Waals surface area contributed by atoms with Crippen molar-refractivity contribution in [2.45, 2.75) is 44.6 Å². The average molecular weight is 506 g/mol. The minimum Gasteiger partial charge on any atom is -0.377 e. The van der Waals surface area contributed by atoms with Crippen LogP contribution < -0.4 is 20.9 Å². The summed E-state index contributed by atoms with van der Waals surface area (Å²) in [6, 6.07) is 6.63. The molecule has 3 unspecified atom stereocenters. The molecule has 194 valence electrons. The summed E-state index contributed by atoms with van der Waals surface area (Å²) in [5.74, 6) is -0.708. The van der Waals surface area contributed by atoms with E-state index < -0.39 is 23.7 Å². The van der Waals surface area contributed by atoms with Gasteiger partial charge in [0, 0.05) is 49.8 Å². The van der Waals surface area contributed by atoms with Crippen LogP contribution in [0.4, 0.5) is 36.3 Å². The fourth-order valence-electron chi connectivity index (χ4n) is 5.01. The number of carbonyl (C=O) groups is 1. The van der Waals surface area contributed by atoms with Crippen LogP contribution in [0.3, 0.4) is 0 Å². The topological polar surface area (TPSA) is 94.6 Å². The lowest BCUT2D eigenvalue weighted by molar-refractivity contribution is -0.137. The fourth-order valence-corrected chi connectivity index (χ4v) is 5.01. The lowest BCUT2D eigenvalue weighted by atomic mass is 10.1. The molecule has 0 radical (unpaired) electrons. The zero-order valence-electron chi connectivity index (χ0n) is 20.1. The minimum absolute atomic E-state index is 0.0203. The number of anilines is 4. The van der Waals surface area contributed by atoms with E-state index in [4.69, 9.17) is 4.74 Å². The molecule has 2 aromatic rings. The average Bonchev–Trinajstić information content (AvgIpc) is 3.08. The number of aryl methyl sites for hydroxylation is 1. The van der Waals surface area contributed by atoms with Crippen LogP contribution in [0, 0.1) is 0 Å². The largest absolute Gasteiger partial charge is 0.421 e. The van der Waals surface area contributed by atoms with E-state index in [1.807, 2.05) is 19.1 Å². The van der Waals surface area contributed by atoms with Crippen molar-refractivity contribution in [1.82, 2.24) is 20.2 Å². The summed E-state index contributed by atoms with van der Waals surface area (Å²) in [7, 11) is 0. The highest BCUT2D eigenvalue weighted by Gasteiger charge is 2.36. The Kier molecular flexibility index (Phi) is 6.89. The van der Waals surface area contributed by atoms with Crippen LogP contribution in [-0.2, 0) is 22.1 Å². The van der Waals surface area contributed by atoms with E-state index in [1.165, 1.54) is 0 Å². The monoisotopic (exact) mass is 505 g/mol. The molecule has 4 heterocycles. The molecule has 5 rings (SSSR count). The summed E-state index contributed by atoms with van der Waals surface area (Å²) in [5, 5.41) is 8.37. The van der Waals surface area contributed by atoms with E-state index in [1.54, 1.807) is 0 Å². The summed E-state index contributed by atoms with van der Waals surface area (Å²) in [6.07, 6.45) is -2.73. The number of amides is 1. The van der Waals surface area contributed by atoms with Gasteiger partial charge < -0.3 is 25.6 Å². The molecule has 3 saturated heterocycles. The number of halogens is 3. The lowest BCUT2D eigenvalue weighted by Gasteiger charge is -2.36. The molecule has 3 fully saturated rings. The second kappa shape index (κ2) is 10.1. The second-order valence-electron chi connectivity index (χ2n) is 9.30. The van der Waals surface area contributed by atoms with Crippen molar-refractivity contribution >= 4 is 29.0 Å². The zero-order chi connectivity index (χ0) is 25.3. The van der Waals surface area contributed by atoms with Crippen molar-refractivity contribution in [2.24, 2.45) is 0 Å². The van der Waals surface area contributed by atoms with Crippen molar-refractivity contribution in [3.05, 3.63) is 35.5 Å². The highest BCUT2D eigenvalue weighted by atomic mass is 19.4. The van der Waals surface area contributed by atoms with Gasteiger partial charge in [0.05, 0.1) is 19.6 Å². The molecular weight excluding hydrogens is 475 g/mol. The van der Waals surface area contributed by atoms with E-state index in [2.05, 4.69) is 41.8 Å². The van der Waals surface area contributed by atoms with E-state index in [9.17, 15) is 18.0 Å². The fraction of sp³-hybridized carbons (Fsp3) is 0.542. The predicted molar refractivity (Wildman–Crippen MR) is 129 cm³/mol. The highest BCUT2D eigenvalue weighted by molar-refractivity contribution is 5.77. The van der Waals surface area contributed by atoms with Crippen molar-refractivity contribution < 1.29 is 22.7 Å². The molecule has 9 nitrogen and oxygen atoms in total. The summed E-state index contributed by atoms with van der Waals surface area (Å²) in [4.78, 5) is 24.8. The number of nitrogens with one attached hydrogen (secondary N) is 3. The van der Waals surface area contributed by atoms with Gasteiger partial charge in [-0.15, -0.1) is 0 Å². The van der Waals surface area contributed by atoms with Crippen LogP contribution in [0.2, 0.25) is 0 Å². The number of rotatable bonds is 6. The van der Waals surface area contributed by atoms with Crippen LogP contribution in [0.1, 0.15) is 30.9 Å². The number of carbonyl (C=O) groups excluding carboxylic acids is 1. The van der Waals surface area contributed by atoms with Gasteiger partial charge in [0.1, 0.15) is 17.5 Å². The summed E-state index contributed by atoms with van der Waals surface area (Å²) in [5.41, 5.74) is 1.90. The van der Waals surface area contributed by atoms with Crippen LogP contribution in [0.25, 0.3) is 0 Å². The third-order valence-corrected chi connectivity index (χ3v) is 6.89. The van der Waals surface area contributed by atoms with Gasteiger partial charge in [0.2, 0.25) is 11.9 Å². The summed E-state index contributed by atoms with van der Waals surface area (Å²) in [6.45, 7) is 6.53. The number of hydrogen-bond donors (Lipinski definition) is 3. The first-order valence-electron chi connectivity index (χ1n) is 12.3. The first kappa shape index (κ1) is 24.6. The molecule has 3 aliphatic heterocycles. The Bertz CT molecular complexity index is 1110. The predicted octanol–water partition coefficient (Wildman–Crippen LogP) is 2.97. The standard InChI is InChI=1S/C24H30F3N7O2/c1-2-15-11-16(34-9-8-33-7-5-17(34)13-33)3-4-19(15)29-23-28-12-18(24(25,26)27)22(32-23)31-20-14-36-10-6-21(35)30-20/h3-4,11-12,17,20H,2,5-10,13-14H2,1H3,(H,30,35)(H2,28,29,31,32). The van der Waals surface area contributed by atoms with Gasteiger partial charge in [-0.25, -0.2) is 4.98 Å². The van der Waals surface area contributed by atoms with Crippen LogP contribution in [-0.4, -0.2) is 72.4 Å². The van der Waals surface area contributed by atoms with Gasteiger partial charge >= 0.3 is 6.18 Å². The van der Waals surface area contributed by atoms with Crippen molar-refractivity contribution in [3.8, 4) is 0 Å². The molecule has 1 aromatic carbocycles. The SMILES string of the molecule is CCc1cc(N2CCN3CCC2C3)ccc1Nc1ncc(C(F)(F)F)c(NC2COCCC(=O)N2)n1. The van der Waals surface area contributed by atoms with E-state index in [0.717, 1.165) is 62.2 Å². The quantitative estimate of drug-likeness (QED) is 0.552. The number of aromatic nitrogens is 2. The van der Waals surface area contributed by atoms with Gasteiger partial charge in [-0.3, -0.25) is 9.69 Å². The number of benzene rings is 1. The maximum Gasteiger partial charge on any atom is 0.421 e. The molecule has 3 aliphatic rings. The number of nitrogens with zero attached hydrogens (tertiary/aromatic N) is 4. The van der Waals surface area contributed by atoms with Crippen LogP contribution in [0.15, 0.2) is 24.4 Å². The third kappa shape index (κ3) is 5.34. The number of alkyl halides is 3. The molecule has 3 atom stereocenters. The first-order valence-corrected chi connectivity index (χ1v) is 12.3. The zero-order valence-corrected chi connectivity index (χ0v) is 20.1. The normalized spacial score (nSPS) is 24.3. The highest BCUT2D eigenvalue weighted by Crippen LogP contribution is 2.35.